The normalized spacial score (nSPS) is 28.0. The summed E-state index contributed by atoms with van der Waals surface area (Å²) >= 11 is 0. The molecule has 166 valence electrons. The van der Waals surface area contributed by atoms with Gasteiger partial charge in [0.2, 0.25) is 17.7 Å². The van der Waals surface area contributed by atoms with E-state index in [-0.39, 0.29) is 43.1 Å². The summed E-state index contributed by atoms with van der Waals surface area (Å²) in [7, 11) is 1.69. The zero-order valence-electron chi connectivity index (χ0n) is 18.5. The Morgan fingerprint density at radius 1 is 1.16 bits per heavy atom. The van der Waals surface area contributed by atoms with Gasteiger partial charge >= 0.3 is 0 Å². The number of benzene rings is 1. The highest BCUT2D eigenvalue weighted by Crippen LogP contribution is 2.37. The van der Waals surface area contributed by atoms with E-state index in [4.69, 9.17) is 0 Å². The highest BCUT2D eigenvalue weighted by molar-refractivity contribution is 5.99. The number of carbonyl (C=O) groups is 4. The van der Waals surface area contributed by atoms with Crippen LogP contribution in [-0.2, 0) is 20.8 Å². The lowest BCUT2D eigenvalue weighted by molar-refractivity contribution is -0.135. The van der Waals surface area contributed by atoms with Crippen molar-refractivity contribution in [1.29, 1.82) is 0 Å². The number of amides is 4. The first-order chi connectivity index (χ1) is 14.5. The number of likely N-dealkylation sites (tertiary alicyclic amines) is 2. The van der Waals surface area contributed by atoms with E-state index < -0.39 is 22.9 Å². The molecule has 2 N–H and O–H groups in total. The molecule has 1 unspecified atom stereocenters. The van der Waals surface area contributed by atoms with Crippen molar-refractivity contribution in [3.8, 4) is 0 Å². The lowest BCUT2D eigenvalue weighted by Crippen LogP contribution is -2.62. The maximum absolute atomic E-state index is 13.3. The van der Waals surface area contributed by atoms with Gasteiger partial charge in [0, 0.05) is 44.2 Å². The predicted molar refractivity (Wildman–Crippen MR) is 114 cm³/mol. The van der Waals surface area contributed by atoms with Crippen molar-refractivity contribution in [2.24, 2.45) is 11.8 Å². The van der Waals surface area contributed by atoms with Crippen LogP contribution in [0, 0.1) is 11.8 Å². The van der Waals surface area contributed by atoms with Crippen LogP contribution >= 0.6 is 0 Å². The summed E-state index contributed by atoms with van der Waals surface area (Å²) in [6.45, 7) is 6.58. The van der Waals surface area contributed by atoms with Gasteiger partial charge in [0.25, 0.3) is 5.91 Å². The topological polar surface area (TPSA) is 98.8 Å². The van der Waals surface area contributed by atoms with Gasteiger partial charge < -0.3 is 20.4 Å². The van der Waals surface area contributed by atoms with Gasteiger partial charge in [-0.1, -0.05) is 18.2 Å². The molecule has 3 heterocycles. The molecule has 1 spiro atoms. The summed E-state index contributed by atoms with van der Waals surface area (Å²) < 4.78 is 0. The fraction of sp³-hybridized carbons (Fsp3) is 0.565. The Labute approximate surface area is 182 Å². The third kappa shape index (κ3) is 3.91. The first-order valence-electron chi connectivity index (χ1n) is 10.7. The standard InChI is InChI=1S/C23H30N4O4/c1-22(2,3)24-20(30)17-12-27(21(31)15-9-18(28)26(4)11-15)13-23(17)10-14-7-5-6-8-16(14)19(29)25-23/h5-8,15,17H,9-13H2,1-4H3,(H,24,30)(H,25,29)/t15?,17-,23+/m0/s1. The monoisotopic (exact) mass is 426 g/mol. The fourth-order valence-electron chi connectivity index (χ4n) is 5.04. The Kier molecular flexibility index (Phi) is 5.06. The SMILES string of the molecule is CN1CC(C(=O)N2C[C@@H](C(=O)NC(C)(C)C)[C@@]3(Cc4ccccc4C(=O)N3)C2)CC1=O. The molecule has 3 atom stereocenters. The number of hydrogen-bond donors (Lipinski definition) is 2. The molecule has 2 fully saturated rings. The second-order valence-electron chi connectivity index (χ2n) is 10.1. The largest absolute Gasteiger partial charge is 0.351 e. The number of carbonyl (C=O) groups excluding carboxylic acids is 4. The van der Waals surface area contributed by atoms with Crippen molar-refractivity contribution < 1.29 is 19.2 Å². The summed E-state index contributed by atoms with van der Waals surface area (Å²) in [6.07, 6.45) is 0.664. The third-order valence-electron chi connectivity index (χ3n) is 6.49. The highest BCUT2D eigenvalue weighted by atomic mass is 16.2. The molecule has 8 heteroatoms. The van der Waals surface area contributed by atoms with Crippen molar-refractivity contribution in [1.82, 2.24) is 20.4 Å². The Bertz CT molecular complexity index is 953. The van der Waals surface area contributed by atoms with Crippen LogP contribution in [0.5, 0.6) is 0 Å². The van der Waals surface area contributed by atoms with E-state index in [1.807, 2.05) is 39.0 Å². The van der Waals surface area contributed by atoms with E-state index in [2.05, 4.69) is 10.6 Å². The average Bonchev–Trinajstić information content (AvgIpc) is 3.20. The van der Waals surface area contributed by atoms with Crippen LogP contribution in [0.4, 0.5) is 0 Å². The average molecular weight is 427 g/mol. The molecular formula is C23H30N4O4. The van der Waals surface area contributed by atoms with Crippen LogP contribution in [0.25, 0.3) is 0 Å². The third-order valence-corrected chi connectivity index (χ3v) is 6.49. The minimum Gasteiger partial charge on any atom is -0.351 e. The van der Waals surface area contributed by atoms with Crippen LogP contribution in [-0.4, -0.2) is 71.2 Å². The van der Waals surface area contributed by atoms with E-state index in [9.17, 15) is 19.2 Å². The molecule has 0 aliphatic carbocycles. The Balaban J connectivity index is 1.65. The second-order valence-corrected chi connectivity index (χ2v) is 10.1. The van der Waals surface area contributed by atoms with Gasteiger partial charge in [-0.2, -0.15) is 0 Å². The van der Waals surface area contributed by atoms with Crippen molar-refractivity contribution in [2.75, 3.05) is 26.7 Å². The minimum atomic E-state index is -0.870. The molecule has 0 saturated carbocycles. The summed E-state index contributed by atoms with van der Waals surface area (Å²) in [5.41, 5.74) is 0.179. The molecular weight excluding hydrogens is 396 g/mol. The number of rotatable bonds is 2. The number of nitrogens with one attached hydrogen (secondary N) is 2. The van der Waals surface area contributed by atoms with Crippen LogP contribution in [0.15, 0.2) is 24.3 Å². The van der Waals surface area contributed by atoms with E-state index in [0.717, 1.165) is 5.56 Å². The number of nitrogens with zero attached hydrogens (tertiary/aromatic N) is 2. The Morgan fingerprint density at radius 3 is 2.52 bits per heavy atom. The van der Waals surface area contributed by atoms with Crippen molar-refractivity contribution in [3.05, 3.63) is 35.4 Å². The van der Waals surface area contributed by atoms with E-state index in [0.29, 0.717) is 18.5 Å². The molecule has 2 saturated heterocycles. The number of fused-ring (bicyclic) bond motifs is 1. The second kappa shape index (κ2) is 7.35. The van der Waals surface area contributed by atoms with E-state index in [1.165, 1.54) is 0 Å². The van der Waals surface area contributed by atoms with E-state index >= 15 is 0 Å². The zero-order chi connectivity index (χ0) is 22.6. The molecule has 1 aromatic rings. The van der Waals surface area contributed by atoms with Crippen molar-refractivity contribution in [3.63, 3.8) is 0 Å². The van der Waals surface area contributed by atoms with Gasteiger partial charge in [-0.25, -0.2) is 0 Å². The smallest absolute Gasteiger partial charge is 0.252 e. The van der Waals surface area contributed by atoms with Crippen LogP contribution in [0.2, 0.25) is 0 Å². The van der Waals surface area contributed by atoms with Gasteiger partial charge in [0.05, 0.1) is 17.4 Å². The van der Waals surface area contributed by atoms with Gasteiger partial charge in [-0.3, -0.25) is 19.2 Å². The summed E-state index contributed by atoms with van der Waals surface area (Å²) in [5, 5.41) is 6.11. The molecule has 0 radical (unpaired) electrons. The maximum Gasteiger partial charge on any atom is 0.252 e. The molecule has 3 aliphatic rings. The van der Waals surface area contributed by atoms with Gasteiger partial charge in [0.15, 0.2) is 0 Å². The van der Waals surface area contributed by atoms with Crippen molar-refractivity contribution >= 4 is 23.6 Å². The molecule has 3 aliphatic heterocycles. The molecule has 4 rings (SSSR count). The van der Waals surface area contributed by atoms with Crippen LogP contribution < -0.4 is 10.6 Å². The lowest BCUT2D eigenvalue weighted by atomic mass is 9.76. The quantitative estimate of drug-likeness (QED) is 0.722. The first kappa shape index (κ1) is 21.3. The predicted octanol–water partition coefficient (Wildman–Crippen LogP) is 0.563. The molecule has 8 nitrogen and oxygen atoms in total. The number of hydrogen-bond acceptors (Lipinski definition) is 4. The van der Waals surface area contributed by atoms with Gasteiger partial charge in [-0.05, 0) is 38.8 Å². The Hall–Kier alpha value is -2.90. The Morgan fingerprint density at radius 2 is 1.87 bits per heavy atom. The van der Waals surface area contributed by atoms with Crippen LogP contribution in [0.3, 0.4) is 0 Å². The lowest BCUT2D eigenvalue weighted by Gasteiger charge is -2.39. The molecule has 0 aromatic heterocycles. The first-order valence-corrected chi connectivity index (χ1v) is 10.7. The van der Waals surface area contributed by atoms with Crippen LogP contribution in [0.1, 0.15) is 43.1 Å². The molecule has 0 bridgehead atoms. The summed E-state index contributed by atoms with van der Waals surface area (Å²) in [4.78, 5) is 54.6. The van der Waals surface area contributed by atoms with Crippen molar-refractivity contribution in [2.45, 2.75) is 44.7 Å². The minimum absolute atomic E-state index is 0.0471. The summed E-state index contributed by atoms with van der Waals surface area (Å²) in [5.74, 6) is -1.57. The van der Waals surface area contributed by atoms with E-state index in [1.54, 1.807) is 22.9 Å². The zero-order valence-corrected chi connectivity index (χ0v) is 18.5. The molecule has 4 amide bonds. The molecule has 31 heavy (non-hydrogen) atoms. The fourth-order valence-corrected chi connectivity index (χ4v) is 5.04. The summed E-state index contributed by atoms with van der Waals surface area (Å²) in [6, 6.07) is 7.38. The molecule has 1 aromatic carbocycles. The highest BCUT2D eigenvalue weighted by Gasteiger charge is 2.55. The van der Waals surface area contributed by atoms with Gasteiger partial charge in [-0.15, -0.1) is 0 Å². The van der Waals surface area contributed by atoms with Gasteiger partial charge in [0.1, 0.15) is 0 Å². The maximum atomic E-state index is 13.3.